The fraction of sp³-hybridized carbons (Fsp3) is 0.273. The van der Waals surface area contributed by atoms with E-state index in [4.69, 9.17) is 4.42 Å². The van der Waals surface area contributed by atoms with E-state index in [0.29, 0.717) is 28.4 Å². The largest absolute Gasteiger partial charge is 0.466 e. The molecule has 0 aliphatic carbocycles. The molecule has 0 saturated carbocycles. The highest BCUT2D eigenvalue weighted by atomic mass is 32.2. The van der Waals surface area contributed by atoms with Gasteiger partial charge < -0.3 is 4.42 Å². The van der Waals surface area contributed by atoms with Crippen molar-refractivity contribution in [2.75, 3.05) is 0 Å². The minimum Gasteiger partial charge on any atom is -0.466 e. The van der Waals surface area contributed by atoms with E-state index in [1.807, 2.05) is 39.0 Å². The molecular weight excluding hydrogens is 400 g/mol. The third kappa shape index (κ3) is 5.07. The van der Waals surface area contributed by atoms with Crippen LogP contribution in [0.4, 0.5) is 0 Å². The van der Waals surface area contributed by atoms with E-state index >= 15 is 0 Å². The number of nitrogens with one attached hydrogen (secondary N) is 2. The third-order valence-electron chi connectivity index (χ3n) is 4.62. The lowest BCUT2D eigenvalue weighted by molar-refractivity contribution is 0.0845. The van der Waals surface area contributed by atoms with Crippen molar-refractivity contribution in [3.8, 4) is 0 Å². The summed E-state index contributed by atoms with van der Waals surface area (Å²) in [5.74, 6) is 1.10. The molecule has 0 atom stereocenters. The van der Waals surface area contributed by atoms with Crippen molar-refractivity contribution in [2.24, 2.45) is 0 Å². The Kier molecular flexibility index (Phi) is 6.56. The molecule has 0 fully saturated rings. The van der Waals surface area contributed by atoms with Crippen molar-refractivity contribution in [1.29, 1.82) is 0 Å². The minimum absolute atomic E-state index is 0.393. The minimum atomic E-state index is -0.406. The number of hydrogen-bond donors (Lipinski definition) is 2. The summed E-state index contributed by atoms with van der Waals surface area (Å²) in [5.41, 5.74) is 9.46. The molecule has 7 nitrogen and oxygen atoms in total. The van der Waals surface area contributed by atoms with Gasteiger partial charge in [-0.05, 0) is 58.4 Å². The van der Waals surface area contributed by atoms with Crippen LogP contribution in [0.2, 0.25) is 0 Å². The zero-order valence-corrected chi connectivity index (χ0v) is 18.4. The molecule has 0 bridgehead atoms. The first-order valence-electron chi connectivity index (χ1n) is 9.46. The highest BCUT2D eigenvalue weighted by Gasteiger charge is 2.19. The summed E-state index contributed by atoms with van der Waals surface area (Å²) in [7, 11) is 0. The fourth-order valence-corrected chi connectivity index (χ4v) is 3.94. The van der Waals surface area contributed by atoms with Gasteiger partial charge in [-0.15, -0.1) is 0 Å². The van der Waals surface area contributed by atoms with Crippen molar-refractivity contribution >= 4 is 23.6 Å². The van der Waals surface area contributed by atoms with E-state index in [2.05, 4.69) is 20.8 Å². The summed E-state index contributed by atoms with van der Waals surface area (Å²) in [6.45, 7) is 9.21. The number of carbonyl (C=O) groups is 2. The third-order valence-corrected chi connectivity index (χ3v) is 5.54. The monoisotopic (exact) mass is 424 g/mol. The number of hydrazine groups is 1. The summed E-state index contributed by atoms with van der Waals surface area (Å²) < 4.78 is 5.45. The second kappa shape index (κ2) is 9.13. The molecule has 8 heteroatoms. The molecule has 3 rings (SSSR count). The molecule has 2 amide bonds. The van der Waals surface area contributed by atoms with Crippen LogP contribution in [0.1, 0.15) is 54.8 Å². The van der Waals surface area contributed by atoms with Crippen molar-refractivity contribution < 1.29 is 14.0 Å². The standard InChI is InChI=1S/C22H24N4O3S/c1-12-10-13(2)24-22(23-12)30-11-17-6-8-18(9-7-17)20(27)25-26-21(28)19-14(3)15(4)29-16(19)5/h6-10H,11H2,1-5H3,(H,25,27)(H,26,28). The number of benzene rings is 1. The lowest BCUT2D eigenvalue weighted by Gasteiger charge is -2.08. The summed E-state index contributed by atoms with van der Waals surface area (Å²) >= 11 is 1.54. The van der Waals surface area contributed by atoms with Gasteiger partial charge in [0.25, 0.3) is 11.8 Å². The van der Waals surface area contributed by atoms with Crippen molar-refractivity contribution in [3.63, 3.8) is 0 Å². The van der Waals surface area contributed by atoms with Crippen LogP contribution in [-0.2, 0) is 5.75 Å². The van der Waals surface area contributed by atoms with Gasteiger partial charge in [-0.2, -0.15) is 0 Å². The van der Waals surface area contributed by atoms with Crippen molar-refractivity contribution in [2.45, 2.75) is 45.5 Å². The van der Waals surface area contributed by atoms with E-state index in [1.165, 1.54) is 0 Å². The molecule has 2 aromatic heterocycles. The molecule has 156 valence electrons. The molecule has 0 aliphatic heterocycles. The zero-order valence-electron chi connectivity index (χ0n) is 17.6. The lowest BCUT2D eigenvalue weighted by atomic mass is 10.1. The first-order valence-corrected chi connectivity index (χ1v) is 10.4. The van der Waals surface area contributed by atoms with E-state index in [9.17, 15) is 9.59 Å². The Morgan fingerprint density at radius 1 is 0.900 bits per heavy atom. The van der Waals surface area contributed by atoms with Gasteiger partial charge in [-0.25, -0.2) is 9.97 Å². The number of hydrogen-bond acceptors (Lipinski definition) is 6. The Bertz CT molecular complexity index is 1070. The maximum Gasteiger partial charge on any atom is 0.273 e. The maximum atomic E-state index is 12.4. The molecular formula is C22H24N4O3S. The number of aromatic nitrogens is 2. The normalized spacial score (nSPS) is 10.7. The second-order valence-corrected chi connectivity index (χ2v) is 7.98. The van der Waals surface area contributed by atoms with Gasteiger partial charge in [0.15, 0.2) is 5.16 Å². The summed E-state index contributed by atoms with van der Waals surface area (Å²) in [4.78, 5) is 33.5. The number of rotatable bonds is 5. The Morgan fingerprint density at radius 3 is 2.07 bits per heavy atom. The van der Waals surface area contributed by atoms with Crippen LogP contribution in [0.15, 0.2) is 39.9 Å². The van der Waals surface area contributed by atoms with E-state index in [0.717, 1.165) is 27.7 Å². The van der Waals surface area contributed by atoms with Gasteiger partial charge in [0.1, 0.15) is 11.5 Å². The summed E-state index contributed by atoms with van der Waals surface area (Å²) in [6, 6.07) is 9.13. The van der Waals surface area contributed by atoms with Crippen LogP contribution in [-0.4, -0.2) is 21.8 Å². The summed E-state index contributed by atoms with van der Waals surface area (Å²) in [6.07, 6.45) is 0. The van der Waals surface area contributed by atoms with Crippen molar-refractivity contribution in [1.82, 2.24) is 20.8 Å². The Balaban J connectivity index is 1.56. The van der Waals surface area contributed by atoms with Crippen LogP contribution in [0, 0.1) is 34.6 Å². The molecule has 0 aliphatic rings. The molecule has 3 aromatic rings. The predicted octanol–water partition coefficient (Wildman–Crippen LogP) is 3.98. The lowest BCUT2D eigenvalue weighted by Crippen LogP contribution is -2.41. The van der Waals surface area contributed by atoms with Gasteiger partial charge >= 0.3 is 0 Å². The van der Waals surface area contributed by atoms with Gasteiger partial charge in [0, 0.05) is 28.3 Å². The smallest absolute Gasteiger partial charge is 0.273 e. The Morgan fingerprint density at radius 2 is 1.50 bits per heavy atom. The second-order valence-electron chi connectivity index (χ2n) is 7.04. The van der Waals surface area contributed by atoms with E-state index in [1.54, 1.807) is 37.7 Å². The highest BCUT2D eigenvalue weighted by Crippen LogP contribution is 2.21. The maximum absolute atomic E-state index is 12.4. The topological polar surface area (TPSA) is 97.1 Å². The molecule has 2 N–H and O–H groups in total. The van der Waals surface area contributed by atoms with Gasteiger partial charge in [-0.1, -0.05) is 23.9 Å². The van der Waals surface area contributed by atoms with Crippen LogP contribution in [0.25, 0.3) is 0 Å². The first-order chi connectivity index (χ1) is 14.2. The summed E-state index contributed by atoms with van der Waals surface area (Å²) in [5, 5.41) is 0.733. The Labute approximate surface area is 179 Å². The van der Waals surface area contributed by atoms with Crippen LogP contribution < -0.4 is 10.9 Å². The molecule has 0 radical (unpaired) electrons. The Hall–Kier alpha value is -3.13. The van der Waals surface area contributed by atoms with E-state index < -0.39 is 11.8 Å². The average molecular weight is 425 g/mol. The number of thioether (sulfide) groups is 1. The van der Waals surface area contributed by atoms with Gasteiger partial charge in [0.05, 0.1) is 5.56 Å². The molecule has 1 aromatic carbocycles. The van der Waals surface area contributed by atoms with Crippen LogP contribution in [0.5, 0.6) is 0 Å². The molecule has 2 heterocycles. The SMILES string of the molecule is Cc1cc(C)nc(SCc2ccc(C(=O)NNC(=O)c3c(C)oc(C)c3C)cc2)n1. The van der Waals surface area contributed by atoms with Crippen LogP contribution in [0.3, 0.4) is 0 Å². The first kappa shape index (κ1) is 21.6. The fourth-order valence-electron chi connectivity index (χ4n) is 3.03. The zero-order chi connectivity index (χ0) is 21.8. The average Bonchev–Trinajstić information content (AvgIpc) is 2.95. The quantitative estimate of drug-likeness (QED) is 0.365. The molecule has 0 saturated heterocycles. The number of carbonyl (C=O) groups excluding carboxylic acids is 2. The molecule has 0 spiro atoms. The molecule has 0 unspecified atom stereocenters. The number of amides is 2. The van der Waals surface area contributed by atoms with Gasteiger partial charge in [0.2, 0.25) is 0 Å². The number of furan rings is 1. The van der Waals surface area contributed by atoms with Gasteiger partial charge in [-0.3, -0.25) is 20.4 Å². The number of aryl methyl sites for hydroxylation is 4. The van der Waals surface area contributed by atoms with Crippen molar-refractivity contribution in [3.05, 3.63) is 75.5 Å². The van der Waals surface area contributed by atoms with Crippen LogP contribution >= 0.6 is 11.8 Å². The highest BCUT2D eigenvalue weighted by molar-refractivity contribution is 7.98. The molecule has 30 heavy (non-hydrogen) atoms. The number of nitrogens with zero attached hydrogens (tertiary/aromatic N) is 2. The van der Waals surface area contributed by atoms with E-state index in [-0.39, 0.29) is 0 Å². The predicted molar refractivity (Wildman–Crippen MR) is 115 cm³/mol.